The molecule has 0 radical (unpaired) electrons. The Morgan fingerprint density at radius 2 is 1.91 bits per heavy atom. The van der Waals surface area contributed by atoms with Gasteiger partial charge in [-0.2, -0.15) is 10.2 Å². The van der Waals surface area contributed by atoms with E-state index >= 15 is 0 Å². The van der Waals surface area contributed by atoms with E-state index in [0.29, 0.717) is 11.3 Å². The van der Waals surface area contributed by atoms with Crippen molar-refractivity contribution < 1.29 is 9.90 Å². The Morgan fingerprint density at radius 1 is 1.12 bits per heavy atom. The average molecular weight is 454 g/mol. The number of carbonyl (C=O) groups is 1. The van der Waals surface area contributed by atoms with E-state index in [1.54, 1.807) is 18.2 Å². The summed E-state index contributed by atoms with van der Waals surface area (Å²) < 4.78 is 0. The average Bonchev–Trinajstić information content (AvgIpc) is 3.50. The summed E-state index contributed by atoms with van der Waals surface area (Å²) in [7, 11) is 0. The Bertz CT molecular complexity index is 1390. The standard InChI is InChI=1S/C27H27N5O2/c1-3-32(4-2)20-12-10-19(25(33)14-20)16-28-31-27(34)24-15-23(29-30-24)21-13-11-18-9-8-17-6-5-7-22(21)26(17)18/h5-7,10-16,33H,3-4,8-9H2,1-2H3,(H,29,30)(H,31,34)/b28-16+. The smallest absolute Gasteiger partial charge is 0.289 e. The van der Waals surface area contributed by atoms with Crippen molar-refractivity contribution in [3.8, 4) is 17.0 Å². The van der Waals surface area contributed by atoms with Crippen molar-refractivity contribution in [2.45, 2.75) is 26.7 Å². The maximum absolute atomic E-state index is 12.6. The fraction of sp³-hybridized carbons (Fsp3) is 0.222. The zero-order chi connectivity index (χ0) is 23.7. The predicted octanol–water partition coefficient (Wildman–Crippen LogP) is 4.64. The van der Waals surface area contributed by atoms with E-state index in [1.165, 1.54) is 22.7 Å². The van der Waals surface area contributed by atoms with Crippen LogP contribution in [-0.4, -0.2) is 40.5 Å². The molecule has 0 fully saturated rings. The number of phenolic OH excluding ortho intramolecular Hbond substituents is 1. The summed E-state index contributed by atoms with van der Waals surface area (Å²) >= 11 is 0. The number of nitrogens with one attached hydrogen (secondary N) is 2. The minimum Gasteiger partial charge on any atom is -0.507 e. The van der Waals surface area contributed by atoms with E-state index < -0.39 is 5.91 Å². The van der Waals surface area contributed by atoms with Gasteiger partial charge in [0.2, 0.25) is 0 Å². The minimum atomic E-state index is -0.403. The van der Waals surface area contributed by atoms with Crippen molar-refractivity contribution in [2.24, 2.45) is 5.10 Å². The number of hydrazone groups is 1. The first-order valence-electron chi connectivity index (χ1n) is 11.6. The third-order valence-electron chi connectivity index (χ3n) is 6.49. The number of hydrogen-bond acceptors (Lipinski definition) is 5. The van der Waals surface area contributed by atoms with Gasteiger partial charge in [-0.05, 0) is 66.8 Å². The summed E-state index contributed by atoms with van der Waals surface area (Å²) in [6, 6.07) is 17.7. The number of H-pyrrole nitrogens is 1. The molecule has 4 aromatic rings. The third-order valence-corrected chi connectivity index (χ3v) is 6.49. The van der Waals surface area contributed by atoms with Gasteiger partial charge in [-0.25, -0.2) is 5.43 Å². The Kier molecular flexibility index (Phi) is 5.76. The highest BCUT2D eigenvalue weighted by molar-refractivity contribution is 6.02. The molecule has 1 heterocycles. The molecule has 0 aliphatic heterocycles. The van der Waals surface area contributed by atoms with E-state index in [-0.39, 0.29) is 5.75 Å². The number of amides is 1. The van der Waals surface area contributed by atoms with Crippen LogP contribution < -0.4 is 10.3 Å². The van der Waals surface area contributed by atoms with E-state index in [9.17, 15) is 9.90 Å². The summed E-state index contributed by atoms with van der Waals surface area (Å²) in [5.41, 5.74) is 8.73. The Hall–Kier alpha value is -4.13. The third kappa shape index (κ3) is 3.90. The SMILES string of the molecule is CCN(CC)c1ccc(/C=N/NC(=O)c2cc(-c3ccc4c5c(cccc35)CC4)n[nH]2)c(O)c1. The zero-order valence-electron chi connectivity index (χ0n) is 19.3. The molecule has 34 heavy (non-hydrogen) atoms. The summed E-state index contributed by atoms with van der Waals surface area (Å²) in [5.74, 6) is -0.293. The summed E-state index contributed by atoms with van der Waals surface area (Å²) in [5, 5.41) is 24.0. The van der Waals surface area contributed by atoms with Crippen molar-refractivity contribution in [1.82, 2.24) is 15.6 Å². The molecule has 172 valence electrons. The van der Waals surface area contributed by atoms with Gasteiger partial charge in [0.25, 0.3) is 5.91 Å². The van der Waals surface area contributed by atoms with Crippen LogP contribution in [0.4, 0.5) is 5.69 Å². The number of nitrogens with zero attached hydrogens (tertiary/aromatic N) is 3. The second-order valence-corrected chi connectivity index (χ2v) is 8.39. The quantitative estimate of drug-likeness (QED) is 0.281. The molecule has 3 aromatic carbocycles. The van der Waals surface area contributed by atoms with Gasteiger partial charge in [-0.1, -0.05) is 30.3 Å². The lowest BCUT2D eigenvalue weighted by Gasteiger charge is -2.21. The number of aryl methyl sites for hydroxylation is 2. The van der Waals surface area contributed by atoms with Crippen molar-refractivity contribution in [1.29, 1.82) is 0 Å². The normalized spacial score (nSPS) is 12.5. The number of phenols is 1. The topological polar surface area (TPSA) is 93.6 Å². The first kappa shape index (κ1) is 21.7. The van der Waals surface area contributed by atoms with Gasteiger partial charge in [-0.15, -0.1) is 0 Å². The molecule has 1 aliphatic rings. The second kappa shape index (κ2) is 9.02. The molecule has 0 spiro atoms. The highest BCUT2D eigenvalue weighted by atomic mass is 16.3. The van der Waals surface area contributed by atoms with E-state index in [1.807, 2.05) is 6.07 Å². The lowest BCUT2D eigenvalue weighted by Crippen LogP contribution is -2.21. The maximum Gasteiger partial charge on any atom is 0.289 e. The molecule has 7 heteroatoms. The van der Waals surface area contributed by atoms with Crippen LogP contribution in [-0.2, 0) is 12.8 Å². The highest BCUT2D eigenvalue weighted by Crippen LogP contribution is 2.36. The van der Waals surface area contributed by atoms with Crippen LogP contribution in [0.3, 0.4) is 0 Å². The van der Waals surface area contributed by atoms with Crippen LogP contribution in [0.2, 0.25) is 0 Å². The van der Waals surface area contributed by atoms with E-state index in [2.05, 4.69) is 69.8 Å². The number of rotatable bonds is 7. The molecular weight excluding hydrogens is 426 g/mol. The summed E-state index contributed by atoms with van der Waals surface area (Å²) in [4.78, 5) is 14.7. The van der Waals surface area contributed by atoms with E-state index in [0.717, 1.165) is 48.3 Å². The number of aromatic hydroxyl groups is 1. The van der Waals surface area contributed by atoms with Gasteiger partial charge in [0.05, 0.1) is 11.9 Å². The molecule has 1 aliphatic carbocycles. The lowest BCUT2D eigenvalue weighted by molar-refractivity contribution is 0.0950. The van der Waals surface area contributed by atoms with Gasteiger partial charge in [0, 0.05) is 36.0 Å². The fourth-order valence-corrected chi connectivity index (χ4v) is 4.69. The number of carbonyl (C=O) groups excluding carboxylic acids is 1. The molecule has 0 unspecified atom stereocenters. The molecule has 0 saturated heterocycles. The van der Waals surface area contributed by atoms with Crippen molar-refractivity contribution in [2.75, 3.05) is 18.0 Å². The van der Waals surface area contributed by atoms with Gasteiger partial charge in [0.1, 0.15) is 11.4 Å². The minimum absolute atomic E-state index is 0.110. The first-order valence-corrected chi connectivity index (χ1v) is 11.6. The van der Waals surface area contributed by atoms with Crippen molar-refractivity contribution >= 4 is 28.6 Å². The molecule has 0 bridgehead atoms. The largest absolute Gasteiger partial charge is 0.507 e. The van der Waals surface area contributed by atoms with Crippen LogP contribution in [0.5, 0.6) is 5.75 Å². The fourth-order valence-electron chi connectivity index (χ4n) is 4.69. The van der Waals surface area contributed by atoms with Crippen LogP contribution >= 0.6 is 0 Å². The maximum atomic E-state index is 12.6. The van der Waals surface area contributed by atoms with E-state index in [4.69, 9.17) is 0 Å². The van der Waals surface area contributed by atoms with Gasteiger partial charge in [-0.3, -0.25) is 9.89 Å². The number of hydrogen-bond donors (Lipinski definition) is 3. The molecule has 5 rings (SSSR count). The number of aromatic nitrogens is 2. The molecular formula is C27H27N5O2. The van der Waals surface area contributed by atoms with Crippen molar-refractivity contribution in [3.63, 3.8) is 0 Å². The van der Waals surface area contributed by atoms with Crippen LogP contribution in [0.15, 0.2) is 59.7 Å². The molecule has 0 atom stereocenters. The number of benzene rings is 3. The highest BCUT2D eigenvalue weighted by Gasteiger charge is 2.18. The van der Waals surface area contributed by atoms with Gasteiger partial charge >= 0.3 is 0 Å². The Labute approximate surface area is 198 Å². The van der Waals surface area contributed by atoms with Crippen LogP contribution in [0.25, 0.3) is 22.0 Å². The summed E-state index contributed by atoms with van der Waals surface area (Å²) in [6.07, 6.45) is 3.56. The predicted molar refractivity (Wildman–Crippen MR) is 136 cm³/mol. The molecule has 0 saturated carbocycles. The lowest BCUT2D eigenvalue weighted by atomic mass is 9.98. The van der Waals surface area contributed by atoms with Crippen LogP contribution in [0, 0.1) is 0 Å². The number of anilines is 1. The monoisotopic (exact) mass is 453 g/mol. The molecule has 7 nitrogen and oxygen atoms in total. The first-order chi connectivity index (χ1) is 16.6. The van der Waals surface area contributed by atoms with Crippen LogP contribution in [0.1, 0.15) is 41.0 Å². The zero-order valence-corrected chi connectivity index (χ0v) is 19.3. The van der Waals surface area contributed by atoms with Crippen molar-refractivity contribution in [3.05, 3.63) is 77.0 Å². The van der Waals surface area contributed by atoms with Gasteiger partial charge < -0.3 is 10.0 Å². The van der Waals surface area contributed by atoms with Gasteiger partial charge in [0.15, 0.2) is 0 Å². The molecule has 3 N–H and O–H groups in total. The Morgan fingerprint density at radius 3 is 2.68 bits per heavy atom. The Balaban J connectivity index is 1.31. The summed E-state index contributed by atoms with van der Waals surface area (Å²) in [6.45, 7) is 5.84. The molecule has 1 aromatic heterocycles. The number of aromatic amines is 1. The molecule has 1 amide bonds. The second-order valence-electron chi connectivity index (χ2n) is 8.39.